The molecule has 5 nitrogen and oxygen atoms in total. The van der Waals surface area contributed by atoms with Crippen LogP contribution in [-0.2, 0) is 4.79 Å². The van der Waals surface area contributed by atoms with Gasteiger partial charge >= 0.3 is 0 Å². The number of carbonyl (C=O) groups is 1. The van der Waals surface area contributed by atoms with Crippen LogP contribution in [0.4, 0.5) is 0 Å². The first kappa shape index (κ1) is 18.9. The van der Waals surface area contributed by atoms with Gasteiger partial charge in [-0.3, -0.25) is 0 Å². The fraction of sp³-hybridized carbons (Fsp3) is 0.917. The molecular formula is C12H26O5. The maximum absolute atomic E-state index is 10.4. The molecule has 17 heavy (non-hydrogen) atoms. The Labute approximate surface area is 103 Å². The SMILES string of the molecule is CC1(C)CC(C)(C=O)C1.OCCO.OCCO. The van der Waals surface area contributed by atoms with Crippen LogP contribution in [0, 0.1) is 10.8 Å². The molecule has 0 heterocycles. The second-order valence-corrected chi connectivity index (χ2v) is 5.18. The molecule has 0 spiro atoms. The van der Waals surface area contributed by atoms with E-state index in [-0.39, 0.29) is 31.8 Å². The fourth-order valence-corrected chi connectivity index (χ4v) is 2.22. The highest BCUT2D eigenvalue weighted by atomic mass is 16.3. The molecule has 0 saturated heterocycles. The molecule has 0 atom stereocenters. The summed E-state index contributed by atoms with van der Waals surface area (Å²) < 4.78 is 0. The van der Waals surface area contributed by atoms with Crippen molar-refractivity contribution < 1.29 is 25.2 Å². The van der Waals surface area contributed by atoms with Crippen LogP contribution in [0.1, 0.15) is 33.6 Å². The second-order valence-electron chi connectivity index (χ2n) is 5.18. The summed E-state index contributed by atoms with van der Waals surface area (Å²) in [5, 5.41) is 30.5. The standard InChI is InChI=1S/C8H14O.2C2H6O2/c1-7(2)4-8(3,5-7)6-9;2*3-1-2-4/h6H,4-5H2,1-3H3;2*3-4H,1-2H2. The summed E-state index contributed by atoms with van der Waals surface area (Å²) in [6, 6.07) is 0. The highest BCUT2D eigenvalue weighted by Crippen LogP contribution is 2.52. The Balaban J connectivity index is 0. The zero-order valence-electron chi connectivity index (χ0n) is 11.0. The molecule has 0 radical (unpaired) electrons. The van der Waals surface area contributed by atoms with E-state index in [1.807, 2.05) is 6.92 Å². The fourth-order valence-electron chi connectivity index (χ4n) is 2.22. The molecule has 0 aromatic heterocycles. The van der Waals surface area contributed by atoms with Gasteiger partial charge in [-0.15, -0.1) is 0 Å². The van der Waals surface area contributed by atoms with Gasteiger partial charge in [0, 0.05) is 5.41 Å². The third kappa shape index (κ3) is 10.4. The van der Waals surface area contributed by atoms with Crippen molar-refractivity contribution in [3.05, 3.63) is 0 Å². The van der Waals surface area contributed by atoms with Crippen LogP contribution >= 0.6 is 0 Å². The van der Waals surface area contributed by atoms with Crippen molar-refractivity contribution in [1.29, 1.82) is 0 Å². The second kappa shape index (κ2) is 9.53. The minimum absolute atomic E-state index is 0.0174. The summed E-state index contributed by atoms with van der Waals surface area (Å²) in [6.45, 7) is 5.95. The van der Waals surface area contributed by atoms with E-state index in [2.05, 4.69) is 13.8 Å². The average Bonchev–Trinajstić information content (AvgIpc) is 2.27. The highest BCUT2D eigenvalue weighted by molar-refractivity contribution is 5.60. The lowest BCUT2D eigenvalue weighted by atomic mass is 9.56. The Morgan fingerprint density at radius 3 is 1.24 bits per heavy atom. The molecule has 0 aliphatic heterocycles. The Morgan fingerprint density at radius 1 is 0.882 bits per heavy atom. The van der Waals surface area contributed by atoms with Gasteiger partial charge in [-0.2, -0.15) is 0 Å². The van der Waals surface area contributed by atoms with Gasteiger partial charge < -0.3 is 25.2 Å². The van der Waals surface area contributed by atoms with Gasteiger partial charge in [0.15, 0.2) is 0 Å². The first-order valence-corrected chi connectivity index (χ1v) is 5.70. The van der Waals surface area contributed by atoms with Gasteiger partial charge in [0.25, 0.3) is 0 Å². The molecule has 0 aromatic rings. The number of rotatable bonds is 3. The van der Waals surface area contributed by atoms with Crippen molar-refractivity contribution >= 4 is 6.29 Å². The third-order valence-electron chi connectivity index (χ3n) is 2.25. The van der Waals surface area contributed by atoms with Gasteiger partial charge in [0.2, 0.25) is 0 Å². The van der Waals surface area contributed by atoms with Crippen LogP contribution in [0.2, 0.25) is 0 Å². The molecule has 0 aromatic carbocycles. The molecule has 0 unspecified atom stereocenters. The summed E-state index contributed by atoms with van der Waals surface area (Å²) in [4.78, 5) is 10.4. The summed E-state index contributed by atoms with van der Waals surface area (Å²) >= 11 is 0. The molecular weight excluding hydrogens is 224 g/mol. The van der Waals surface area contributed by atoms with Crippen molar-refractivity contribution in [2.75, 3.05) is 26.4 Å². The van der Waals surface area contributed by atoms with Crippen LogP contribution in [0.25, 0.3) is 0 Å². The zero-order chi connectivity index (χ0) is 13.9. The predicted molar refractivity (Wildman–Crippen MR) is 65.5 cm³/mol. The summed E-state index contributed by atoms with van der Waals surface area (Å²) in [5.41, 5.74) is 0.444. The van der Waals surface area contributed by atoms with Gasteiger partial charge in [-0.1, -0.05) is 20.8 Å². The first-order chi connectivity index (χ1) is 7.80. The Kier molecular flexibility index (Phi) is 10.6. The van der Waals surface area contributed by atoms with Gasteiger partial charge in [-0.25, -0.2) is 0 Å². The quantitative estimate of drug-likeness (QED) is 0.527. The van der Waals surface area contributed by atoms with E-state index in [0.717, 1.165) is 19.1 Å². The molecule has 104 valence electrons. The molecule has 0 amide bonds. The van der Waals surface area contributed by atoms with Crippen molar-refractivity contribution in [2.24, 2.45) is 10.8 Å². The predicted octanol–water partition coefficient (Wildman–Crippen LogP) is -0.0464. The first-order valence-electron chi connectivity index (χ1n) is 5.70. The number of hydrogen-bond donors (Lipinski definition) is 4. The lowest BCUT2D eigenvalue weighted by Gasteiger charge is -2.47. The number of hydrogen-bond acceptors (Lipinski definition) is 5. The minimum Gasteiger partial charge on any atom is -0.394 e. The Hall–Kier alpha value is -0.490. The summed E-state index contributed by atoms with van der Waals surface area (Å²) in [5.74, 6) is 0. The molecule has 4 N–H and O–H groups in total. The monoisotopic (exact) mass is 250 g/mol. The lowest BCUT2D eigenvalue weighted by Crippen LogP contribution is -2.41. The van der Waals surface area contributed by atoms with Crippen molar-refractivity contribution in [1.82, 2.24) is 0 Å². The van der Waals surface area contributed by atoms with E-state index in [1.165, 1.54) is 0 Å². The Bertz CT molecular complexity index is 175. The van der Waals surface area contributed by atoms with Gasteiger partial charge in [0.1, 0.15) is 6.29 Å². The molecule has 1 fully saturated rings. The topological polar surface area (TPSA) is 98.0 Å². The maximum Gasteiger partial charge on any atom is 0.125 e. The smallest absolute Gasteiger partial charge is 0.125 e. The minimum atomic E-state index is -0.125. The van der Waals surface area contributed by atoms with E-state index in [9.17, 15) is 4.79 Å². The van der Waals surface area contributed by atoms with Gasteiger partial charge in [-0.05, 0) is 18.3 Å². The molecule has 1 rings (SSSR count). The number of carbonyl (C=O) groups excluding carboxylic acids is 1. The van der Waals surface area contributed by atoms with Crippen molar-refractivity contribution in [3.8, 4) is 0 Å². The van der Waals surface area contributed by atoms with E-state index in [4.69, 9.17) is 20.4 Å². The number of aliphatic hydroxyl groups is 4. The van der Waals surface area contributed by atoms with Gasteiger partial charge in [0.05, 0.1) is 26.4 Å². The van der Waals surface area contributed by atoms with Crippen LogP contribution in [0.3, 0.4) is 0 Å². The maximum atomic E-state index is 10.4. The molecule has 5 heteroatoms. The average molecular weight is 250 g/mol. The van der Waals surface area contributed by atoms with Crippen LogP contribution in [0.5, 0.6) is 0 Å². The zero-order valence-corrected chi connectivity index (χ0v) is 11.0. The number of aliphatic hydroxyl groups excluding tert-OH is 4. The summed E-state index contributed by atoms with van der Waals surface area (Å²) in [7, 11) is 0. The normalized spacial score (nSPS) is 18.8. The third-order valence-corrected chi connectivity index (χ3v) is 2.25. The van der Waals surface area contributed by atoms with Crippen LogP contribution in [0.15, 0.2) is 0 Å². The van der Waals surface area contributed by atoms with Crippen molar-refractivity contribution in [2.45, 2.75) is 33.6 Å². The highest BCUT2D eigenvalue weighted by Gasteiger charge is 2.45. The molecule has 1 aliphatic carbocycles. The number of aldehydes is 1. The van der Waals surface area contributed by atoms with E-state index in [1.54, 1.807) is 0 Å². The lowest BCUT2D eigenvalue weighted by molar-refractivity contribution is -0.126. The summed E-state index contributed by atoms with van der Waals surface area (Å²) in [6.07, 6.45) is 3.21. The van der Waals surface area contributed by atoms with Crippen molar-refractivity contribution in [3.63, 3.8) is 0 Å². The Morgan fingerprint density at radius 2 is 1.18 bits per heavy atom. The largest absolute Gasteiger partial charge is 0.394 e. The molecule has 1 saturated carbocycles. The molecule has 1 aliphatic rings. The van der Waals surface area contributed by atoms with E-state index < -0.39 is 0 Å². The molecule has 0 bridgehead atoms. The van der Waals surface area contributed by atoms with Crippen LogP contribution < -0.4 is 0 Å². The van der Waals surface area contributed by atoms with E-state index in [0.29, 0.717) is 5.41 Å². The van der Waals surface area contributed by atoms with Crippen LogP contribution in [-0.4, -0.2) is 53.1 Å². The van der Waals surface area contributed by atoms with E-state index >= 15 is 0 Å².